The van der Waals surface area contributed by atoms with Gasteiger partial charge in [0.25, 0.3) is 0 Å². The van der Waals surface area contributed by atoms with Crippen LogP contribution in [0.5, 0.6) is 0 Å². The third kappa shape index (κ3) is 7.44. The van der Waals surface area contributed by atoms with E-state index in [-0.39, 0.29) is 25.5 Å². The van der Waals surface area contributed by atoms with E-state index in [1.54, 1.807) is 0 Å². The molecule has 4 aromatic carbocycles. The number of hydrogen-bond acceptors (Lipinski definition) is 3. The van der Waals surface area contributed by atoms with Gasteiger partial charge in [-0.3, -0.25) is 0 Å². The Bertz CT molecular complexity index is 2180. The first-order chi connectivity index (χ1) is 23.7. The van der Waals surface area contributed by atoms with Crippen molar-refractivity contribution in [3.8, 4) is 33.6 Å². The van der Waals surface area contributed by atoms with Gasteiger partial charge in [0.15, 0.2) is 0 Å². The standard InChI is InChI=1S/C31H28NO.C14H16GeN.Ir/c1-31(2,22-12-6-7-13-22)23-18-19-32-27(20-23)25-17-16-24(21-10-4-3-5-11-21)29-26-14-8-9-15-28(26)33-30(25)29;1-15(2,3)13-9-10-14(16-11-13)12-7-5-4-6-8-12;/h3-5,8-11,14-16,18-20,22H,6-7,12-13H2,1-2H3;4-7,9-11H,1-3H3;/q2*-1;. The molecule has 0 bridgehead atoms. The van der Waals surface area contributed by atoms with Crippen molar-refractivity contribution in [1.82, 2.24) is 9.97 Å². The van der Waals surface area contributed by atoms with E-state index in [1.165, 1.54) is 41.2 Å². The zero-order chi connectivity index (χ0) is 34.0. The van der Waals surface area contributed by atoms with Gasteiger partial charge >= 0.3 is 99.8 Å². The summed E-state index contributed by atoms with van der Waals surface area (Å²) in [6.45, 7) is 4.78. The van der Waals surface area contributed by atoms with Crippen LogP contribution in [-0.2, 0) is 25.5 Å². The molecule has 0 N–H and O–H groups in total. The van der Waals surface area contributed by atoms with Crippen molar-refractivity contribution < 1.29 is 24.5 Å². The molecule has 3 aromatic heterocycles. The first-order valence-corrected chi connectivity index (χ1v) is 24.9. The Morgan fingerprint density at radius 3 is 2.22 bits per heavy atom. The fourth-order valence-electron chi connectivity index (χ4n) is 7.21. The third-order valence-corrected chi connectivity index (χ3v) is 14.5. The average molecular weight is 894 g/mol. The number of furan rings is 1. The van der Waals surface area contributed by atoms with Crippen molar-refractivity contribution in [1.29, 1.82) is 0 Å². The molecular weight excluding hydrogens is 849 g/mol. The van der Waals surface area contributed by atoms with Crippen molar-refractivity contribution in [3.05, 3.63) is 139 Å². The maximum absolute atomic E-state index is 6.45. The number of pyridine rings is 2. The van der Waals surface area contributed by atoms with Crippen LogP contribution in [0, 0.1) is 18.1 Å². The molecule has 5 heteroatoms. The van der Waals surface area contributed by atoms with Gasteiger partial charge in [0, 0.05) is 31.7 Å². The molecule has 1 fully saturated rings. The van der Waals surface area contributed by atoms with Gasteiger partial charge in [-0.15, -0.1) is 12.1 Å². The summed E-state index contributed by atoms with van der Waals surface area (Å²) in [5.74, 6) is 7.87. The van der Waals surface area contributed by atoms with Crippen LogP contribution in [0.15, 0.2) is 126 Å². The molecule has 0 spiro atoms. The minimum Gasteiger partial charge on any atom is 0 e. The number of nitrogens with zero attached hydrogens (tertiary/aromatic N) is 2. The molecular formula is C45H44GeIrN2O-2. The Morgan fingerprint density at radius 2 is 1.52 bits per heavy atom. The van der Waals surface area contributed by atoms with E-state index < -0.39 is 13.3 Å². The van der Waals surface area contributed by atoms with Gasteiger partial charge in [0.2, 0.25) is 0 Å². The average Bonchev–Trinajstić information content (AvgIpc) is 3.82. The van der Waals surface area contributed by atoms with Gasteiger partial charge in [-0.05, 0) is 53.0 Å². The zero-order valence-electron chi connectivity index (χ0n) is 29.6. The summed E-state index contributed by atoms with van der Waals surface area (Å²) >= 11 is -1.72. The van der Waals surface area contributed by atoms with Crippen molar-refractivity contribution in [2.24, 2.45) is 5.92 Å². The van der Waals surface area contributed by atoms with Crippen LogP contribution in [0.4, 0.5) is 0 Å². The smallest absolute Gasteiger partial charge is 0 e. The van der Waals surface area contributed by atoms with E-state index in [2.05, 4.69) is 115 Å². The van der Waals surface area contributed by atoms with Crippen LogP contribution in [0.3, 0.4) is 0 Å². The SMILES string of the molecule is CC(C)(c1ccnc(-c2[c-]cc(-c3ccccc3)c3c2oc2ccccc23)c1)C1CCCC1.[CH3][Ge]([CH3])([CH3])[c]1ccc(-c2[c-]cccc2)nc1.[Ir]. The fraction of sp³-hybridized carbons (Fsp3) is 0.244. The number of rotatable bonds is 6. The molecule has 0 amide bonds. The van der Waals surface area contributed by atoms with Gasteiger partial charge in [0.1, 0.15) is 5.58 Å². The van der Waals surface area contributed by atoms with Crippen LogP contribution >= 0.6 is 0 Å². The van der Waals surface area contributed by atoms with Gasteiger partial charge in [-0.2, -0.15) is 0 Å². The second-order valence-corrected chi connectivity index (χ2v) is 25.5. The summed E-state index contributed by atoms with van der Waals surface area (Å²) in [6.07, 6.45) is 9.32. The number of hydrogen-bond donors (Lipinski definition) is 0. The Kier molecular flexibility index (Phi) is 10.9. The summed E-state index contributed by atoms with van der Waals surface area (Å²) in [5, 5.41) is 2.26. The Hall–Kier alpha value is -3.83. The van der Waals surface area contributed by atoms with E-state index in [1.807, 2.05) is 54.9 Å². The first kappa shape index (κ1) is 36.0. The van der Waals surface area contributed by atoms with Crippen LogP contribution < -0.4 is 4.40 Å². The second kappa shape index (κ2) is 15.2. The molecule has 0 unspecified atom stereocenters. The Labute approximate surface area is 313 Å². The number of fused-ring (bicyclic) bond motifs is 3. The number of aromatic nitrogens is 2. The van der Waals surface area contributed by atoms with Crippen LogP contribution in [0.2, 0.25) is 17.3 Å². The van der Waals surface area contributed by atoms with Crippen molar-refractivity contribution in [2.75, 3.05) is 0 Å². The van der Waals surface area contributed by atoms with E-state index in [9.17, 15) is 0 Å². The molecule has 7 aromatic rings. The quantitative estimate of drug-likeness (QED) is 0.123. The molecule has 0 saturated heterocycles. The zero-order valence-corrected chi connectivity index (χ0v) is 34.1. The van der Waals surface area contributed by atoms with E-state index in [4.69, 9.17) is 9.40 Å². The fourth-order valence-corrected chi connectivity index (χ4v) is 9.38. The number of para-hydroxylation sites is 1. The van der Waals surface area contributed by atoms with E-state index >= 15 is 0 Å². The molecule has 1 aliphatic carbocycles. The minimum absolute atomic E-state index is 0. The van der Waals surface area contributed by atoms with Crippen molar-refractivity contribution >= 4 is 39.6 Å². The largest absolute Gasteiger partial charge is 0 e. The Balaban J connectivity index is 0.000000215. The predicted molar refractivity (Wildman–Crippen MR) is 208 cm³/mol. The van der Waals surface area contributed by atoms with Crippen molar-refractivity contribution in [2.45, 2.75) is 62.2 Å². The van der Waals surface area contributed by atoms with Crippen LogP contribution in [0.25, 0.3) is 55.6 Å². The molecule has 3 nitrogen and oxygen atoms in total. The van der Waals surface area contributed by atoms with Crippen molar-refractivity contribution in [3.63, 3.8) is 0 Å². The maximum Gasteiger partial charge on any atom is 0 e. The molecule has 1 aliphatic rings. The molecule has 255 valence electrons. The monoisotopic (exact) mass is 895 g/mol. The van der Waals surface area contributed by atoms with Gasteiger partial charge < -0.3 is 9.40 Å². The van der Waals surface area contributed by atoms with Gasteiger partial charge in [-0.25, -0.2) is 0 Å². The predicted octanol–water partition coefficient (Wildman–Crippen LogP) is 11.7. The minimum atomic E-state index is -1.72. The summed E-state index contributed by atoms with van der Waals surface area (Å²) in [7, 11) is 0. The summed E-state index contributed by atoms with van der Waals surface area (Å²) < 4.78 is 7.90. The summed E-state index contributed by atoms with van der Waals surface area (Å²) in [4.78, 5) is 9.31. The maximum atomic E-state index is 6.45. The molecule has 50 heavy (non-hydrogen) atoms. The summed E-state index contributed by atoms with van der Waals surface area (Å²) in [6, 6.07) is 44.4. The Morgan fingerprint density at radius 1 is 0.780 bits per heavy atom. The molecule has 0 aliphatic heterocycles. The van der Waals surface area contributed by atoms with Gasteiger partial charge in [0.05, 0.1) is 5.58 Å². The third-order valence-electron chi connectivity index (χ3n) is 10.3. The topological polar surface area (TPSA) is 38.9 Å². The molecule has 3 heterocycles. The van der Waals surface area contributed by atoms with E-state index in [0.717, 1.165) is 55.9 Å². The summed E-state index contributed by atoms with van der Waals surface area (Å²) in [5.41, 5.74) is 9.49. The van der Waals surface area contributed by atoms with Crippen LogP contribution in [0.1, 0.15) is 45.1 Å². The molecule has 8 rings (SSSR count). The van der Waals surface area contributed by atoms with Gasteiger partial charge in [-0.1, -0.05) is 98.0 Å². The molecule has 1 radical (unpaired) electrons. The first-order valence-electron chi connectivity index (χ1n) is 17.5. The number of benzene rings is 4. The second-order valence-electron chi connectivity index (χ2n) is 14.8. The normalized spacial score (nSPS) is 13.5. The van der Waals surface area contributed by atoms with Crippen LogP contribution in [-0.4, -0.2) is 23.2 Å². The van der Waals surface area contributed by atoms with E-state index in [0.29, 0.717) is 0 Å². The molecule has 0 atom stereocenters. The molecule has 1 saturated carbocycles.